The highest BCUT2D eigenvalue weighted by atomic mass is 32.2. The Balaban J connectivity index is 0.00000191. The van der Waals surface area contributed by atoms with Crippen LogP contribution in [0.15, 0.2) is 40.7 Å². The van der Waals surface area contributed by atoms with E-state index < -0.39 is 23.4 Å². The maximum atomic E-state index is 13.0. The minimum Gasteiger partial charge on any atom is -0.491 e. The SMILES string of the molecule is CC1(C)[C@H](NC(=O)/C(NOCCOc2ccc(C(N)=NC3CNCC3N)cc2)=C(\C=S)NSN)C(=O)N1OSO.CS.O=CO. The molecule has 0 radical (unpaired) electrons. The van der Waals surface area contributed by atoms with E-state index in [2.05, 4.69) is 38.5 Å². The van der Waals surface area contributed by atoms with Crippen LogP contribution in [-0.4, -0.2) is 100 Å². The molecule has 0 aromatic heterocycles. The van der Waals surface area contributed by atoms with Crippen molar-refractivity contribution in [2.45, 2.75) is 37.5 Å². The number of hydrogen-bond acceptors (Lipinski definition) is 17. The van der Waals surface area contributed by atoms with Crippen molar-refractivity contribution in [3.8, 4) is 5.75 Å². The monoisotopic (exact) mass is 709 g/mol. The molecule has 2 fully saturated rings. The van der Waals surface area contributed by atoms with Gasteiger partial charge in [-0.05, 0) is 44.4 Å². The summed E-state index contributed by atoms with van der Waals surface area (Å²) in [4.78, 5) is 43.7. The lowest BCUT2D eigenvalue weighted by atomic mass is 9.84. The maximum Gasteiger partial charge on any atom is 0.290 e. The molecule has 2 aliphatic heterocycles. The van der Waals surface area contributed by atoms with Crippen molar-refractivity contribution in [2.24, 2.45) is 21.6 Å². The minimum absolute atomic E-state index is 0.0319. The molecule has 3 rings (SSSR count). The van der Waals surface area contributed by atoms with Crippen LogP contribution in [0.5, 0.6) is 5.75 Å². The number of nitrogens with zero attached hydrogens (tertiary/aromatic N) is 2. The van der Waals surface area contributed by atoms with E-state index in [-0.39, 0.29) is 55.5 Å². The Labute approximate surface area is 280 Å². The van der Waals surface area contributed by atoms with Gasteiger partial charge in [-0.3, -0.25) is 34.8 Å². The average molecular weight is 710 g/mol. The second-order valence-corrected chi connectivity index (χ2v) is 10.3. The Morgan fingerprint density at radius 2 is 1.93 bits per heavy atom. The van der Waals surface area contributed by atoms with Gasteiger partial charge in [0.15, 0.2) is 18.0 Å². The molecule has 0 bridgehead atoms. The summed E-state index contributed by atoms with van der Waals surface area (Å²) in [5, 5.41) is 20.3. The van der Waals surface area contributed by atoms with Crippen LogP contribution in [0.3, 0.4) is 0 Å². The van der Waals surface area contributed by atoms with Crippen molar-refractivity contribution in [3.05, 3.63) is 41.2 Å². The number of rotatable bonds is 15. The van der Waals surface area contributed by atoms with Gasteiger partial charge in [0.05, 0.1) is 17.3 Å². The van der Waals surface area contributed by atoms with Gasteiger partial charge in [-0.2, -0.15) is 22.0 Å². The summed E-state index contributed by atoms with van der Waals surface area (Å²) in [5.74, 6) is -0.256. The molecule has 12 N–H and O–H groups in total. The number of amides is 2. The highest BCUT2D eigenvalue weighted by Crippen LogP contribution is 2.33. The van der Waals surface area contributed by atoms with Gasteiger partial charge in [0.25, 0.3) is 18.3 Å². The molecule has 0 saturated carbocycles. The molecule has 2 aliphatic rings. The molecule has 2 unspecified atom stereocenters. The van der Waals surface area contributed by atoms with Crippen LogP contribution in [0.1, 0.15) is 19.4 Å². The Kier molecular flexibility index (Phi) is 18.8. The third-order valence-electron chi connectivity index (χ3n) is 6.15. The number of carbonyl (C=O) groups excluding carboxylic acids is 2. The van der Waals surface area contributed by atoms with E-state index >= 15 is 0 Å². The van der Waals surface area contributed by atoms with Crippen molar-refractivity contribution >= 4 is 78.8 Å². The fourth-order valence-electron chi connectivity index (χ4n) is 3.91. The van der Waals surface area contributed by atoms with Crippen LogP contribution in [-0.2, 0) is 23.5 Å². The zero-order chi connectivity index (χ0) is 34.0. The number of thiocarbonyl (C=S) groups is 1. The molecule has 17 nitrogen and oxygen atoms in total. The molecule has 252 valence electrons. The average Bonchev–Trinajstić information content (AvgIpc) is 3.44. The van der Waals surface area contributed by atoms with Gasteiger partial charge in [0.2, 0.25) is 0 Å². The number of hydrogen-bond donors (Lipinski definition) is 10. The number of benzene rings is 1. The van der Waals surface area contributed by atoms with Crippen LogP contribution < -0.4 is 42.2 Å². The fraction of sp³-hybridized carbons (Fsp3) is 0.458. The van der Waals surface area contributed by atoms with Crippen molar-refractivity contribution < 1.29 is 37.9 Å². The Hall–Kier alpha value is -2.86. The van der Waals surface area contributed by atoms with E-state index in [0.29, 0.717) is 24.7 Å². The van der Waals surface area contributed by atoms with Gasteiger partial charge in [0, 0.05) is 42.2 Å². The summed E-state index contributed by atoms with van der Waals surface area (Å²) < 4.78 is 22.1. The third kappa shape index (κ3) is 11.8. The molecule has 3 atom stereocenters. The van der Waals surface area contributed by atoms with E-state index in [1.807, 2.05) is 0 Å². The summed E-state index contributed by atoms with van der Waals surface area (Å²) >= 11 is 9.26. The van der Waals surface area contributed by atoms with E-state index in [4.69, 9.17) is 57.1 Å². The predicted molar refractivity (Wildman–Crippen MR) is 180 cm³/mol. The molecule has 21 heteroatoms. The quantitative estimate of drug-likeness (QED) is 0.00924. The van der Waals surface area contributed by atoms with Crippen molar-refractivity contribution in [3.63, 3.8) is 0 Å². The molecular weight excluding hydrogens is 671 g/mol. The van der Waals surface area contributed by atoms with E-state index in [1.54, 1.807) is 44.4 Å². The summed E-state index contributed by atoms with van der Waals surface area (Å²) in [5.41, 5.74) is 14.5. The van der Waals surface area contributed by atoms with Gasteiger partial charge >= 0.3 is 0 Å². The first kappa shape index (κ1) is 40.2. The number of carboxylic acid groups (broad SMARTS) is 1. The summed E-state index contributed by atoms with van der Waals surface area (Å²) in [7, 11) is 0. The first-order valence-corrected chi connectivity index (χ1v) is 15.9. The molecule has 0 spiro atoms. The first-order valence-electron chi connectivity index (χ1n) is 12.9. The normalized spacial score (nSPS) is 20.6. The van der Waals surface area contributed by atoms with Gasteiger partial charge in [-0.15, -0.1) is 0 Å². The van der Waals surface area contributed by atoms with Crippen molar-refractivity contribution in [2.75, 3.05) is 32.6 Å². The van der Waals surface area contributed by atoms with E-state index in [9.17, 15) is 9.59 Å². The maximum absolute atomic E-state index is 13.0. The van der Waals surface area contributed by atoms with Crippen LogP contribution in [0.25, 0.3) is 0 Å². The zero-order valence-corrected chi connectivity index (χ0v) is 28.0. The minimum atomic E-state index is -0.933. The number of aliphatic imine (C=N–C) groups is 1. The molecule has 1 aromatic carbocycles. The highest BCUT2D eigenvalue weighted by Gasteiger charge is 2.57. The molecule has 45 heavy (non-hydrogen) atoms. The van der Waals surface area contributed by atoms with Gasteiger partial charge in [0.1, 0.15) is 30.8 Å². The number of β-lactam (4-membered cyclic amide) rings is 1. The molecule has 2 amide bonds. The standard InChI is InChI=1S/C22H33N9O6S3.CH2O2.CH4S/c1-22(2)18(21(33)31(22)37-40-34)28-20(32)17(16(11-38)30-39-25)29-36-8-7-35-13-5-3-12(4-6-13)19(24)27-15-10-26-9-14(15)23;2-1-3;1-2/h3-6,11,14-15,18,26,29-30,34H,7-10,23,25H2,1-2H3,(H2,24,27)(H,28,32);1H,(H,2,3);2H,1H3/b17-16-;;/t14?,15?,18-;;/m1../s1. The Morgan fingerprint density at radius 1 is 1.29 bits per heavy atom. The second kappa shape index (κ2) is 21.0. The van der Waals surface area contributed by atoms with Crippen molar-refractivity contribution in [1.29, 1.82) is 0 Å². The number of allylic oxidation sites excluding steroid dienone is 1. The largest absolute Gasteiger partial charge is 0.491 e. The van der Waals surface area contributed by atoms with E-state index in [0.717, 1.165) is 22.8 Å². The highest BCUT2D eigenvalue weighted by molar-refractivity contribution is 7.95. The number of nitrogens with one attached hydrogen (secondary N) is 4. The lowest BCUT2D eigenvalue weighted by Crippen LogP contribution is -2.76. The molecule has 0 aliphatic carbocycles. The van der Waals surface area contributed by atoms with Gasteiger partial charge < -0.3 is 41.2 Å². The topological polar surface area (TPSA) is 261 Å². The fourth-order valence-corrected chi connectivity index (χ4v) is 4.78. The summed E-state index contributed by atoms with van der Waals surface area (Å²) in [6.45, 7) is 4.64. The Morgan fingerprint density at radius 3 is 2.44 bits per heavy atom. The van der Waals surface area contributed by atoms with Crippen LogP contribution >= 0.6 is 49.3 Å². The van der Waals surface area contributed by atoms with Gasteiger partial charge in [-0.1, -0.05) is 12.2 Å². The summed E-state index contributed by atoms with van der Waals surface area (Å²) in [6, 6.07) is 6.04. The van der Waals surface area contributed by atoms with Crippen LogP contribution in [0.4, 0.5) is 0 Å². The number of amidine groups is 1. The smallest absolute Gasteiger partial charge is 0.290 e. The number of nitrogens with two attached hydrogens (primary N) is 3. The van der Waals surface area contributed by atoms with Crippen LogP contribution in [0.2, 0.25) is 0 Å². The lowest BCUT2D eigenvalue weighted by Gasteiger charge is -2.50. The van der Waals surface area contributed by atoms with E-state index in [1.165, 1.54) is 5.37 Å². The van der Waals surface area contributed by atoms with Crippen molar-refractivity contribution in [1.82, 2.24) is 25.9 Å². The molecular formula is C24H39N9O8S4. The number of ether oxygens (including phenoxy) is 1. The lowest BCUT2D eigenvalue weighted by molar-refractivity contribution is -0.214. The second-order valence-electron chi connectivity index (χ2n) is 9.30. The van der Waals surface area contributed by atoms with Crippen LogP contribution in [0, 0.1) is 0 Å². The number of thiol groups is 1. The first-order chi connectivity index (χ1) is 21.5. The Bertz CT molecular complexity index is 1180. The van der Waals surface area contributed by atoms with Gasteiger partial charge in [-0.25, -0.2) is 0 Å². The third-order valence-corrected chi connectivity index (χ3v) is 6.94. The number of hydroxylamine groups is 3. The predicted octanol–water partition coefficient (Wildman–Crippen LogP) is -0.681. The number of carbonyl (C=O) groups is 3. The molecule has 2 saturated heterocycles. The zero-order valence-electron chi connectivity index (χ0n) is 24.7. The molecule has 1 aromatic rings. The summed E-state index contributed by atoms with van der Waals surface area (Å²) in [6.07, 6.45) is 1.69. The molecule has 2 heterocycles.